The van der Waals surface area contributed by atoms with E-state index in [1.165, 1.54) is 5.01 Å². The molecule has 0 bridgehead atoms. The largest absolute Gasteiger partial charge is 0.493 e. The van der Waals surface area contributed by atoms with Crippen molar-refractivity contribution in [1.29, 1.82) is 0 Å². The third-order valence-electron chi connectivity index (χ3n) is 6.55. The number of carbonyl (C=O) groups is 1. The molecule has 1 amide bonds. The van der Waals surface area contributed by atoms with Crippen LogP contribution in [0.15, 0.2) is 106 Å². The minimum atomic E-state index is -0.182. The van der Waals surface area contributed by atoms with Gasteiger partial charge in [0.25, 0.3) is 5.91 Å². The average molecular weight is 628 g/mol. The SMILES string of the molecule is CCOc1cc(/C=C2\C(=O)N(c3ccccc3)N=C2C)cc(Br)c1OCc1ccc(OCc2ccccc2)c(OC)c1. The molecule has 0 aromatic heterocycles. The molecule has 0 N–H and O–H groups in total. The molecule has 1 aliphatic rings. The standard InChI is InChI=1S/C34H31BrN2O5/c1-4-40-32-20-26(17-28-23(2)36-37(34(28)38)27-13-9-6-10-14-27)18-29(35)33(32)42-22-25-15-16-30(31(19-25)39-3)41-21-24-11-7-5-8-12-24/h5-20H,4,21-22H2,1-3H3/b28-17-. The number of anilines is 1. The zero-order chi connectivity index (χ0) is 29.5. The summed E-state index contributed by atoms with van der Waals surface area (Å²) in [5.74, 6) is 2.23. The van der Waals surface area contributed by atoms with Crippen LogP contribution in [-0.4, -0.2) is 25.3 Å². The Labute approximate surface area is 254 Å². The van der Waals surface area contributed by atoms with Crippen molar-refractivity contribution in [3.8, 4) is 23.0 Å². The van der Waals surface area contributed by atoms with E-state index in [1.807, 2.05) is 111 Å². The minimum absolute atomic E-state index is 0.182. The molecule has 214 valence electrons. The molecule has 7 nitrogen and oxygen atoms in total. The van der Waals surface area contributed by atoms with E-state index < -0.39 is 0 Å². The predicted octanol–water partition coefficient (Wildman–Crippen LogP) is 7.82. The highest BCUT2D eigenvalue weighted by Crippen LogP contribution is 2.39. The fraction of sp³-hybridized carbons (Fsp3) is 0.176. The van der Waals surface area contributed by atoms with E-state index in [1.54, 1.807) is 7.11 Å². The van der Waals surface area contributed by atoms with Crippen LogP contribution in [0.3, 0.4) is 0 Å². The predicted molar refractivity (Wildman–Crippen MR) is 168 cm³/mol. The molecule has 1 heterocycles. The second kappa shape index (κ2) is 13.4. The number of carbonyl (C=O) groups excluding carboxylic acids is 1. The van der Waals surface area contributed by atoms with E-state index in [2.05, 4.69) is 21.0 Å². The first kappa shape index (κ1) is 29.0. The maximum atomic E-state index is 13.2. The van der Waals surface area contributed by atoms with Crippen molar-refractivity contribution in [3.05, 3.63) is 118 Å². The van der Waals surface area contributed by atoms with Crippen LogP contribution in [0.5, 0.6) is 23.0 Å². The normalized spacial score (nSPS) is 13.7. The molecule has 0 spiro atoms. The van der Waals surface area contributed by atoms with Gasteiger partial charge in [-0.05, 0) is 88.9 Å². The monoisotopic (exact) mass is 626 g/mol. The van der Waals surface area contributed by atoms with E-state index in [0.717, 1.165) is 22.4 Å². The Morgan fingerprint density at radius 3 is 2.24 bits per heavy atom. The van der Waals surface area contributed by atoms with Crippen LogP contribution in [0.1, 0.15) is 30.5 Å². The molecular weight excluding hydrogens is 596 g/mol. The second-order valence-electron chi connectivity index (χ2n) is 9.51. The molecule has 0 aliphatic carbocycles. The summed E-state index contributed by atoms with van der Waals surface area (Å²) < 4.78 is 24.4. The zero-order valence-corrected chi connectivity index (χ0v) is 25.3. The summed E-state index contributed by atoms with van der Waals surface area (Å²) in [6.07, 6.45) is 1.82. The molecule has 1 aliphatic heterocycles. The van der Waals surface area contributed by atoms with Crippen molar-refractivity contribution < 1.29 is 23.7 Å². The third-order valence-corrected chi connectivity index (χ3v) is 7.14. The first-order chi connectivity index (χ1) is 20.5. The Morgan fingerprint density at radius 1 is 0.810 bits per heavy atom. The van der Waals surface area contributed by atoms with Gasteiger partial charge >= 0.3 is 0 Å². The summed E-state index contributed by atoms with van der Waals surface area (Å²) >= 11 is 3.65. The van der Waals surface area contributed by atoms with Gasteiger partial charge in [-0.15, -0.1) is 0 Å². The zero-order valence-electron chi connectivity index (χ0n) is 23.7. The fourth-order valence-corrected chi connectivity index (χ4v) is 5.06. The number of hydrogen-bond acceptors (Lipinski definition) is 6. The lowest BCUT2D eigenvalue weighted by Crippen LogP contribution is -2.21. The minimum Gasteiger partial charge on any atom is -0.493 e. The number of methoxy groups -OCH3 is 1. The van der Waals surface area contributed by atoms with Gasteiger partial charge in [-0.25, -0.2) is 0 Å². The van der Waals surface area contributed by atoms with Crippen LogP contribution in [-0.2, 0) is 18.0 Å². The number of hydrogen-bond donors (Lipinski definition) is 0. The Bertz CT molecular complexity index is 1620. The quantitative estimate of drug-likeness (QED) is 0.159. The molecule has 42 heavy (non-hydrogen) atoms. The first-order valence-corrected chi connectivity index (χ1v) is 14.4. The van der Waals surface area contributed by atoms with Crippen LogP contribution in [0, 0.1) is 0 Å². The van der Waals surface area contributed by atoms with Crippen LogP contribution >= 0.6 is 15.9 Å². The summed E-state index contributed by atoms with van der Waals surface area (Å²) in [7, 11) is 1.62. The molecule has 5 rings (SSSR count). The van der Waals surface area contributed by atoms with Gasteiger partial charge in [0, 0.05) is 0 Å². The van der Waals surface area contributed by atoms with Crippen LogP contribution in [0.25, 0.3) is 6.08 Å². The van der Waals surface area contributed by atoms with E-state index in [4.69, 9.17) is 18.9 Å². The molecule has 0 fully saturated rings. The molecule has 0 saturated carbocycles. The lowest BCUT2D eigenvalue weighted by atomic mass is 10.1. The molecule has 4 aromatic carbocycles. The second-order valence-corrected chi connectivity index (χ2v) is 10.4. The lowest BCUT2D eigenvalue weighted by Gasteiger charge is -2.16. The first-order valence-electron chi connectivity index (χ1n) is 13.6. The molecule has 0 saturated heterocycles. The molecule has 0 atom stereocenters. The summed E-state index contributed by atoms with van der Waals surface area (Å²) in [6.45, 7) is 4.92. The molecule has 0 unspecified atom stereocenters. The highest BCUT2D eigenvalue weighted by molar-refractivity contribution is 9.10. The van der Waals surface area contributed by atoms with E-state index in [0.29, 0.717) is 52.0 Å². The van der Waals surface area contributed by atoms with Crippen molar-refractivity contribution in [3.63, 3.8) is 0 Å². The summed E-state index contributed by atoms with van der Waals surface area (Å²) in [6, 6.07) is 28.9. The fourth-order valence-electron chi connectivity index (χ4n) is 4.48. The number of para-hydroxylation sites is 1. The van der Waals surface area contributed by atoms with E-state index in [9.17, 15) is 4.79 Å². The maximum Gasteiger partial charge on any atom is 0.280 e. The smallest absolute Gasteiger partial charge is 0.280 e. The molecule has 4 aromatic rings. The van der Waals surface area contributed by atoms with Crippen molar-refractivity contribution in [2.24, 2.45) is 5.10 Å². The van der Waals surface area contributed by atoms with Gasteiger partial charge in [0.05, 0.1) is 35.2 Å². The van der Waals surface area contributed by atoms with E-state index in [-0.39, 0.29) is 12.5 Å². The van der Waals surface area contributed by atoms with Crippen LogP contribution < -0.4 is 24.0 Å². The number of rotatable bonds is 11. The van der Waals surface area contributed by atoms with Gasteiger partial charge in [-0.1, -0.05) is 54.6 Å². The average Bonchev–Trinajstić information content (AvgIpc) is 3.29. The number of halogens is 1. The van der Waals surface area contributed by atoms with Crippen molar-refractivity contribution >= 4 is 39.3 Å². The Morgan fingerprint density at radius 2 is 1.52 bits per heavy atom. The molecule has 8 heteroatoms. The van der Waals surface area contributed by atoms with Gasteiger partial charge in [0.15, 0.2) is 23.0 Å². The Hall–Kier alpha value is -4.56. The number of amides is 1. The lowest BCUT2D eigenvalue weighted by molar-refractivity contribution is -0.114. The number of ether oxygens (including phenoxy) is 4. The van der Waals surface area contributed by atoms with Crippen LogP contribution in [0.4, 0.5) is 5.69 Å². The highest BCUT2D eigenvalue weighted by Gasteiger charge is 2.28. The van der Waals surface area contributed by atoms with Gasteiger partial charge in [-0.2, -0.15) is 10.1 Å². The summed E-state index contributed by atoms with van der Waals surface area (Å²) in [4.78, 5) is 13.2. The molecule has 0 radical (unpaired) electrons. The van der Waals surface area contributed by atoms with Gasteiger partial charge < -0.3 is 18.9 Å². The number of nitrogens with zero attached hydrogens (tertiary/aromatic N) is 2. The van der Waals surface area contributed by atoms with Gasteiger partial charge in [0.1, 0.15) is 13.2 Å². The molecular formula is C34H31BrN2O5. The van der Waals surface area contributed by atoms with Crippen LogP contribution in [0.2, 0.25) is 0 Å². The topological polar surface area (TPSA) is 69.6 Å². The van der Waals surface area contributed by atoms with Crippen molar-refractivity contribution in [2.75, 3.05) is 18.7 Å². The highest BCUT2D eigenvalue weighted by atomic mass is 79.9. The van der Waals surface area contributed by atoms with Crippen molar-refractivity contribution in [1.82, 2.24) is 0 Å². The summed E-state index contributed by atoms with van der Waals surface area (Å²) in [5, 5.41) is 5.89. The van der Waals surface area contributed by atoms with E-state index >= 15 is 0 Å². The van der Waals surface area contributed by atoms with Gasteiger partial charge in [-0.3, -0.25) is 4.79 Å². The Kier molecular flexibility index (Phi) is 9.24. The third kappa shape index (κ3) is 6.66. The summed E-state index contributed by atoms with van der Waals surface area (Å²) in [5.41, 5.74) is 4.65. The van der Waals surface area contributed by atoms with Gasteiger partial charge in [0.2, 0.25) is 0 Å². The number of benzene rings is 4. The Balaban J connectivity index is 1.32. The number of hydrazone groups is 1. The maximum absolute atomic E-state index is 13.2. The van der Waals surface area contributed by atoms with Crippen molar-refractivity contribution in [2.45, 2.75) is 27.1 Å².